The molecule has 0 aromatic heterocycles. The Labute approximate surface area is 93.8 Å². The Kier molecular flexibility index (Phi) is 3.41. The zero-order chi connectivity index (χ0) is 11.5. The molecular formula is C12H15FO3. The van der Waals surface area contributed by atoms with Gasteiger partial charge in [-0.05, 0) is 18.6 Å². The molecule has 0 amide bonds. The van der Waals surface area contributed by atoms with Crippen molar-refractivity contribution in [1.29, 1.82) is 0 Å². The van der Waals surface area contributed by atoms with Gasteiger partial charge in [-0.3, -0.25) is 0 Å². The van der Waals surface area contributed by atoms with Crippen molar-refractivity contribution in [3.05, 3.63) is 29.6 Å². The first-order valence-corrected chi connectivity index (χ1v) is 5.31. The first kappa shape index (κ1) is 11.4. The highest BCUT2D eigenvalue weighted by atomic mass is 19.1. The molecule has 4 heteroatoms. The molecule has 1 saturated heterocycles. The van der Waals surface area contributed by atoms with E-state index in [0.29, 0.717) is 24.5 Å². The van der Waals surface area contributed by atoms with Crippen LogP contribution in [-0.4, -0.2) is 25.4 Å². The van der Waals surface area contributed by atoms with Gasteiger partial charge in [-0.1, -0.05) is 0 Å². The number of rotatable bonds is 3. The van der Waals surface area contributed by atoms with Crippen LogP contribution in [0.3, 0.4) is 0 Å². The fraction of sp³-hybridized carbons (Fsp3) is 0.500. The molecule has 1 aliphatic heterocycles. The highest BCUT2D eigenvalue weighted by molar-refractivity contribution is 5.30. The minimum absolute atomic E-state index is 0.0112. The summed E-state index contributed by atoms with van der Waals surface area (Å²) < 4.78 is 23.7. The minimum Gasteiger partial charge on any atom is -0.497 e. The first-order valence-electron chi connectivity index (χ1n) is 5.31. The summed E-state index contributed by atoms with van der Waals surface area (Å²) in [5.74, 6) is 0.0118. The van der Waals surface area contributed by atoms with Gasteiger partial charge >= 0.3 is 0 Å². The van der Waals surface area contributed by atoms with Crippen LogP contribution in [0.25, 0.3) is 0 Å². The molecule has 0 saturated carbocycles. The predicted molar refractivity (Wildman–Crippen MR) is 56.8 cm³/mol. The van der Waals surface area contributed by atoms with E-state index in [-0.39, 0.29) is 5.92 Å². The lowest BCUT2D eigenvalue weighted by Gasteiger charge is -2.17. The molecule has 1 heterocycles. The first-order chi connectivity index (χ1) is 7.72. The van der Waals surface area contributed by atoms with Crippen molar-refractivity contribution in [2.75, 3.05) is 20.3 Å². The fourth-order valence-electron chi connectivity index (χ4n) is 1.93. The van der Waals surface area contributed by atoms with Crippen molar-refractivity contribution in [1.82, 2.24) is 0 Å². The van der Waals surface area contributed by atoms with Gasteiger partial charge in [0.1, 0.15) is 11.6 Å². The number of aliphatic hydroxyl groups is 1. The summed E-state index contributed by atoms with van der Waals surface area (Å²) in [5.41, 5.74) is 0.316. The molecule has 1 aromatic carbocycles. The third-order valence-electron chi connectivity index (χ3n) is 2.94. The average Bonchev–Trinajstić information content (AvgIpc) is 2.81. The standard InChI is InChI=1S/C12H15FO3/c1-15-9-2-3-10(11(13)6-9)12(14)8-4-5-16-7-8/h2-3,6,8,12,14H,4-5,7H2,1H3. The van der Waals surface area contributed by atoms with Gasteiger partial charge < -0.3 is 14.6 Å². The molecule has 2 rings (SSSR count). The maximum absolute atomic E-state index is 13.7. The highest BCUT2D eigenvalue weighted by Crippen LogP contribution is 2.31. The van der Waals surface area contributed by atoms with E-state index in [0.717, 1.165) is 6.42 Å². The van der Waals surface area contributed by atoms with Gasteiger partial charge in [-0.15, -0.1) is 0 Å². The van der Waals surface area contributed by atoms with Crippen molar-refractivity contribution in [3.8, 4) is 5.75 Å². The third-order valence-corrected chi connectivity index (χ3v) is 2.94. The van der Waals surface area contributed by atoms with Crippen molar-refractivity contribution in [3.63, 3.8) is 0 Å². The minimum atomic E-state index is -0.798. The molecule has 1 N–H and O–H groups in total. The number of halogens is 1. The van der Waals surface area contributed by atoms with E-state index in [1.54, 1.807) is 12.1 Å². The zero-order valence-corrected chi connectivity index (χ0v) is 9.15. The number of hydrogen-bond donors (Lipinski definition) is 1. The van der Waals surface area contributed by atoms with E-state index in [4.69, 9.17) is 9.47 Å². The predicted octanol–water partition coefficient (Wildman–Crippen LogP) is 1.90. The van der Waals surface area contributed by atoms with Crippen LogP contribution in [0.1, 0.15) is 18.1 Å². The maximum Gasteiger partial charge on any atom is 0.132 e. The van der Waals surface area contributed by atoms with Crippen molar-refractivity contribution in [2.24, 2.45) is 5.92 Å². The van der Waals surface area contributed by atoms with Gasteiger partial charge in [0.05, 0.1) is 19.8 Å². The molecule has 2 unspecified atom stereocenters. The Hall–Kier alpha value is -1.13. The Morgan fingerprint density at radius 2 is 2.38 bits per heavy atom. The molecular weight excluding hydrogens is 211 g/mol. The maximum atomic E-state index is 13.7. The van der Waals surface area contributed by atoms with E-state index in [9.17, 15) is 9.50 Å². The summed E-state index contributed by atoms with van der Waals surface area (Å²) in [7, 11) is 1.48. The van der Waals surface area contributed by atoms with Gasteiger partial charge in [0.15, 0.2) is 0 Å². The van der Waals surface area contributed by atoms with Gasteiger partial charge in [0.2, 0.25) is 0 Å². The molecule has 16 heavy (non-hydrogen) atoms. The molecule has 0 aliphatic carbocycles. The zero-order valence-electron chi connectivity index (χ0n) is 9.15. The van der Waals surface area contributed by atoms with E-state index in [1.807, 2.05) is 0 Å². The van der Waals surface area contributed by atoms with Crippen molar-refractivity contribution >= 4 is 0 Å². The SMILES string of the molecule is COc1ccc(C(O)C2CCOC2)c(F)c1. The van der Waals surface area contributed by atoms with Gasteiger partial charge in [-0.2, -0.15) is 0 Å². The van der Waals surface area contributed by atoms with Crippen LogP contribution in [0.4, 0.5) is 4.39 Å². The highest BCUT2D eigenvalue weighted by Gasteiger charge is 2.27. The summed E-state index contributed by atoms with van der Waals surface area (Å²) in [4.78, 5) is 0. The quantitative estimate of drug-likeness (QED) is 0.855. The van der Waals surface area contributed by atoms with Crippen LogP contribution < -0.4 is 4.74 Å². The van der Waals surface area contributed by atoms with E-state index in [2.05, 4.69) is 0 Å². The van der Waals surface area contributed by atoms with Crippen LogP contribution in [-0.2, 0) is 4.74 Å². The summed E-state index contributed by atoms with van der Waals surface area (Å²) in [5, 5.41) is 10.0. The molecule has 0 spiro atoms. The molecule has 3 nitrogen and oxygen atoms in total. The summed E-state index contributed by atoms with van der Waals surface area (Å²) in [6.07, 6.45) is -0.0273. The molecule has 0 bridgehead atoms. The van der Waals surface area contributed by atoms with Crippen molar-refractivity contribution in [2.45, 2.75) is 12.5 Å². The number of benzene rings is 1. The largest absolute Gasteiger partial charge is 0.497 e. The third kappa shape index (κ3) is 2.18. The molecule has 2 atom stereocenters. The van der Waals surface area contributed by atoms with E-state index in [1.165, 1.54) is 13.2 Å². The molecule has 1 fully saturated rings. The molecule has 1 aliphatic rings. The summed E-state index contributed by atoms with van der Waals surface area (Å²) >= 11 is 0. The fourth-order valence-corrected chi connectivity index (χ4v) is 1.93. The second-order valence-electron chi connectivity index (χ2n) is 3.96. The van der Waals surface area contributed by atoms with Crippen molar-refractivity contribution < 1.29 is 19.0 Å². The Morgan fingerprint density at radius 3 is 2.94 bits per heavy atom. The molecule has 88 valence electrons. The van der Waals surface area contributed by atoms with Gasteiger partial charge in [-0.25, -0.2) is 4.39 Å². The Balaban J connectivity index is 2.19. The Morgan fingerprint density at radius 1 is 1.56 bits per heavy atom. The molecule has 0 radical (unpaired) electrons. The normalized spacial score (nSPS) is 22.1. The Bertz CT molecular complexity index is 361. The second kappa shape index (κ2) is 4.80. The summed E-state index contributed by atoms with van der Waals surface area (Å²) in [6, 6.07) is 4.50. The van der Waals surface area contributed by atoms with Crippen LogP contribution in [0.5, 0.6) is 5.75 Å². The number of methoxy groups -OCH3 is 1. The molecule has 1 aromatic rings. The lowest BCUT2D eigenvalue weighted by Crippen LogP contribution is -2.13. The van der Waals surface area contributed by atoms with E-state index >= 15 is 0 Å². The van der Waals surface area contributed by atoms with E-state index < -0.39 is 11.9 Å². The van der Waals surface area contributed by atoms with Crippen LogP contribution in [0, 0.1) is 11.7 Å². The topological polar surface area (TPSA) is 38.7 Å². The number of aliphatic hydroxyl groups excluding tert-OH is 1. The van der Waals surface area contributed by atoms with Crippen LogP contribution in [0.2, 0.25) is 0 Å². The van der Waals surface area contributed by atoms with Crippen LogP contribution >= 0.6 is 0 Å². The van der Waals surface area contributed by atoms with Crippen LogP contribution in [0.15, 0.2) is 18.2 Å². The second-order valence-corrected chi connectivity index (χ2v) is 3.96. The average molecular weight is 226 g/mol. The smallest absolute Gasteiger partial charge is 0.132 e. The van der Waals surface area contributed by atoms with Gasteiger partial charge in [0, 0.05) is 24.2 Å². The number of ether oxygens (including phenoxy) is 2. The summed E-state index contributed by atoms with van der Waals surface area (Å²) in [6.45, 7) is 1.13. The number of hydrogen-bond acceptors (Lipinski definition) is 3. The lowest BCUT2D eigenvalue weighted by molar-refractivity contribution is 0.0889. The monoisotopic (exact) mass is 226 g/mol. The lowest BCUT2D eigenvalue weighted by atomic mass is 9.95. The van der Waals surface area contributed by atoms with Gasteiger partial charge in [0.25, 0.3) is 0 Å².